The van der Waals surface area contributed by atoms with Crippen molar-refractivity contribution in [2.75, 3.05) is 11.5 Å². The van der Waals surface area contributed by atoms with Crippen LogP contribution in [0, 0.1) is 5.92 Å². The summed E-state index contributed by atoms with van der Waals surface area (Å²) in [7, 11) is 1.85. The summed E-state index contributed by atoms with van der Waals surface area (Å²) in [6, 6.07) is 9.57. The van der Waals surface area contributed by atoms with E-state index in [1.807, 2.05) is 42.2 Å². The summed E-state index contributed by atoms with van der Waals surface area (Å²) in [4.78, 5) is 13.1. The summed E-state index contributed by atoms with van der Waals surface area (Å²) in [5, 5.41) is 28.1. The number of anilines is 2. The maximum Gasteiger partial charge on any atom is 0.146 e. The number of hydrogen-bond donors (Lipinski definition) is 4. The molecule has 1 aromatic carbocycles. The van der Waals surface area contributed by atoms with Crippen molar-refractivity contribution in [1.29, 1.82) is 0 Å². The standard InChI is InChI=1S/C26H28N8O2/c1-33-11-17(10-31-33)18-12-34(26-22(18)25(28)29-13-30-26)20-9-16(23(35)24(20)36)5-3-14-2-4-15-6-7-21(27)32-19(15)8-14/h2,4,6-8,10-13,16,20,23-24,35-36H,3,5,9H2,1H3,(H2,27,32)(H2,28,29,30)/t16-,20+,23+,24-/m0/s1. The fraction of sp³-hybridized carbons (Fsp3) is 0.308. The van der Waals surface area contributed by atoms with Gasteiger partial charge in [-0.1, -0.05) is 12.1 Å². The molecule has 5 aromatic rings. The van der Waals surface area contributed by atoms with Crippen molar-refractivity contribution < 1.29 is 10.2 Å². The van der Waals surface area contributed by atoms with Crippen molar-refractivity contribution in [2.45, 2.75) is 37.5 Å². The van der Waals surface area contributed by atoms with Gasteiger partial charge in [0.2, 0.25) is 0 Å². The monoisotopic (exact) mass is 484 g/mol. The van der Waals surface area contributed by atoms with Crippen LogP contribution in [0.4, 0.5) is 11.6 Å². The van der Waals surface area contributed by atoms with E-state index in [1.54, 1.807) is 16.9 Å². The highest BCUT2D eigenvalue weighted by Crippen LogP contribution is 2.42. The molecular weight excluding hydrogens is 456 g/mol. The SMILES string of the molecule is Cn1cc(-c2cn([C@@H]3C[C@H](CCc4ccc5ccc(N)nc5c4)[C@@H](O)[C@H]3O)c3ncnc(N)c23)cn1. The van der Waals surface area contributed by atoms with E-state index in [0.29, 0.717) is 23.7 Å². The molecule has 10 heteroatoms. The van der Waals surface area contributed by atoms with Gasteiger partial charge in [0.25, 0.3) is 0 Å². The molecule has 184 valence electrons. The van der Waals surface area contributed by atoms with E-state index < -0.39 is 12.2 Å². The van der Waals surface area contributed by atoms with E-state index in [-0.39, 0.29) is 12.0 Å². The smallest absolute Gasteiger partial charge is 0.146 e. The highest BCUT2D eigenvalue weighted by Gasteiger charge is 2.42. The molecule has 1 aliphatic carbocycles. The van der Waals surface area contributed by atoms with Crippen molar-refractivity contribution in [3.05, 3.63) is 60.8 Å². The van der Waals surface area contributed by atoms with Crippen molar-refractivity contribution in [3.8, 4) is 11.1 Å². The van der Waals surface area contributed by atoms with E-state index in [9.17, 15) is 10.2 Å². The summed E-state index contributed by atoms with van der Waals surface area (Å²) < 4.78 is 3.66. The van der Waals surface area contributed by atoms with E-state index in [4.69, 9.17) is 11.5 Å². The summed E-state index contributed by atoms with van der Waals surface area (Å²) >= 11 is 0. The number of fused-ring (bicyclic) bond motifs is 2. The predicted octanol–water partition coefficient (Wildman–Crippen LogP) is 2.46. The van der Waals surface area contributed by atoms with Gasteiger partial charge in [-0.25, -0.2) is 15.0 Å². The van der Waals surface area contributed by atoms with Crippen LogP contribution in [0.3, 0.4) is 0 Å². The van der Waals surface area contributed by atoms with Gasteiger partial charge < -0.3 is 26.2 Å². The van der Waals surface area contributed by atoms with Crippen LogP contribution in [-0.2, 0) is 13.5 Å². The Balaban J connectivity index is 1.28. The molecule has 10 nitrogen and oxygen atoms in total. The van der Waals surface area contributed by atoms with Crippen LogP contribution in [0.25, 0.3) is 33.1 Å². The number of benzene rings is 1. The van der Waals surface area contributed by atoms with E-state index >= 15 is 0 Å². The van der Waals surface area contributed by atoms with Crippen LogP contribution in [-0.4, -0.2) is 51.7 Å². The molecule has 1 aliphatic rings. The largest absolute Gasteiger partial charge is 0.390 e. The Morgan fingerprint density at radius 1 is 1.06 bits per heavy atom. The van der Waals surface area contributed by atoms with Crippen LogP contribution in [0.15, 0.2) is 55.2 Å². The Bertz CT molecular complexity index is 1580. The first-order chi connectivity index (χ1) is 17.4. The van der Waals surface area contributed by atoms with Gasteiger partial charge in [0, 0.05) is 36.0 Å². The number of aromatic nitrogens is 6. The second-order valence-corrected chi connectivity index (χ2v) is 9.66. The minimum Gasteiger partial charge on any atom is -0.390 e. The van der Waals surface area contributed by atoms with Gasteiger partial charge in [-0.05, 0) is 48.9 Å². The van der Waals surface area contributed by atoms with Gasteiger partial charge >= 0.3 is 0 Å². The summed E-state index contributed by atoms with van der Waals surface area (Å²) in [6.07, 6.45) is 7.36. The van der Waals surface area contributed by atoms with Crippen molar-refractivity contribution in [1.82, 2.24) is 29.3 Å². The van der Waals surface area contributed by atoms with Gasteiger partial charge in [-0.2, -0.15) is 5.10 Å². The zero-order valence-electron chi connectivity index (χ0n) is 19.9. The Labute approximate surface area is 207 Å². The molecular formula is C26H28N8O2. The molecule has 4 aromatic heterocycles. The van der Waals surface area contributed by atoms with Crippen LogP contribution >= 0.6 is 0 Å². The molecule has 0 saturated heterocycles. The van der Waals surface area contributed by atoms with Crippen molar-refractivity contribution in [2.24, 2.45) is 13.0 Å². The Hall–Kier alpha value is -4.02. The third-order valence-electron chi connectivity index (χ3n) is 7.37. The first-order valence-electron chi connectivity index (χ1n) is 12.0. The lowest BCUT2D eigenvalue weighted by molar-refractivity contribution is 0.00546. The zero-order valence-corrected chi connectivity index (χ0v) is 19.9. The van der Waals surface area contributed by atoms with Crippen molar-refractivity contribution >= 4 is 33.6 Å². The number of nitrogen functional groups attached to an aromatic ring is 2. The number of rotatable bonds is 5. The molecule has 0 radical (unpaired) electrons. The van der Waals surface area contributed by atoms with Gasteiger partial charge in [-0.15, -0.1) is 0 Å². The van der Waals surface area contributed by atoms with Gasteiger partial charge in [0.1, 0.15) is 29.7 Å². The number of aliphatic hydroxyl groups is 2. The summed E-state index contributed by atoms with van der Waals surface area (Å²) in [5.41, 5.74) is 16.4. The van der Waals surface area contributed by atoms with Crippen LogP contribution < -0.4 is 11.5 Å². The second-order valence-electron chi connectivity index (χ2n) is 9.66. The zero-order chi connectivity index (χ0) is 25.0. The molecule has 0 bridgehead atoms. The minimum absolute atomic E-state index is 0.0759. The van der Waals surface area contributed by atoms with E-state index in [1.165, 1.54) is 6.33 Å². The maximum atomic E-state index is 11.1. The fourth-order valence-electron chi connectivity index (χ4n) is 5.49. The first kappa shape index (κ1) is 22.4. The predicted molar refractivity (Wildman–Crippen MR) is 138 cm³/mol. The van der Waals surface area contributed by atoms with Crippen LogP contribution in [0.2, 0.25) is 0 Å². The first-order valence-corrected chi connectivity index (χ1v) is 12.0. The van der Waals surface area contributed by atoms with Crippen LogP contribution in [0.1, 0.15) is 24.4 Å². The molecule has 4 heterocycles. The highest BCUT2D eigenvalue weighted by atomic mass is 16.3. The number of nitrogens with zero attached hydrogens (tertiary/aromatic N) is 6. The van der Waals surface area contributed by atoms with Gasteiger partial charge in [0.05, 0.1) is 29.2 Å². The molecule has 0 spiro atoms. The number of pyridine rings is 1. The maximum absolute atomic E-state index is 11.1. The second kappa shape index (κ2) is 8.58. The average Bonchev–Trinajstić information content (AvgIpc) is 3.54. The highest BCUT2D eigenvalue weighted by molar-refractivity contribution is 6.00. The molecule has 1 saturated carbocycles. The lowest BCUT2D eigenvalue weighted by atomic mass is 9.95. The lowest BCUT2D eigenvalue weighted by Crippen LogP contribution is -2.29. The quantitative estimate of drug-likeness (QED) is 0.297. The van der Waals surface area contributed by atoms with E-state index in [2.05, 4.69) is 26.1 Å². The van der Waals surface area contributed by atoms with Crippen LogP contribution in [0.5, 0.6) is 0 Å². The topological polar surface area (TPSA) is 154 Å². The molecule has 0 amide bonds. The molecule has 1 fully saturated rings. The summed E-state index contributed by atoms with van der Waals surface area (Å²) in [5.74, 6) is 0.784. The third kappa shape index (κ3) is 3.75. The van der Waals surface area contributed by atoms with Crippen molar-refractivity contribution in [3.63, 3.8) is 0 Å². The minimum atomic E-state index is -0.929. The normalized spacial score (nSPS) is 22.1. The Morgan fingerprint density at radius 2 is 1.89 bits per heavy atom. The van der Waals surface area contributed by atoms with E-state index in [0.717, 1.165) is 45.8 Å². The Kier molecular flexibility index (Phi) is 5.35. The average molecular weight is 485 g/mol. The number of hydrogen-bond acceptors (Lipinski definition) is 8. The van der Waals surface area contributed by atoms with Gasteiger partial charge in [0.15, 0.2) is 0 Å². The number of aryl methyl sites for hydroxylation is 2. The Morgan fingerprint density at radius 3 is 2.69 bits per heavy atom. The number of nitrogens with two attached hydrogens (primary N) is 2. The molecule has 6 N–H and O–H groups in total. The third-order valence-corrected chi connectivity index (χ3v) is 7.37. The number of aliphatic hydroxyl groups excluding tert-OH is 2. The van der Waals surface area contributed by atoms with Gasteiger partial charge in [-0.3, -0.25) is 4.68 Å². The lowest BCUT2D eigenvalue weighted by Gasteiger charge is -2.19. The fourth-order valence-corrected chi connectivity index (χ4v) is 5.49. The molecule has 36 heavy (non-hydrogen) atoms. The summed E-state index contributed by atoms with van der Waals surface area (Å²) in [6.45, 7) is 0. The molecule has 6 rings (SSSR count). The molecule has 0 unspecified atom stereocenters. The molecule has 4 atom stereocenters. The molecule has 0 aliphatic heterocycles.